The number of benzene rings is 1. The van der Waals surface area contributed by atoms with Crippen LogP contribution in [-0.2, 0) is 11.3 Å². The summed E-state index contributed by atoms with van der Waals surface area (Å²) < 4.78 is 5.82. The average Bonchev–Trinajstić information content (AvgIpc) is 2.58. The molecule has 1 aromatic carbocycles. The van der Waals surface area contributed by atoms with Crippen LogP contribution in [0.5, 0.6) is 0 Å². The third kappa shape index (κ3) is 2.06. The molecule has 2 N–H and O–H groups in total. The molecule has 2 fully saturated rings. The Morgan fingerprint density at radius 2 is 2.00 bits per heavy atom. The molecular weight excluding hydrogens is 200 g/mol. The van der Waals surface area contributed by atoms with Crippen LogP contribution in [0.25, 0.3) is 0 Å². The quantitative estimate of drug-likeness (QED) is 0.767. The Hall–Kier alpha value is -1.06. The van der Waals surface area contributed by atoms with Gasteiger partial charge in [-0.3, -0.25) is 4.90 Å². The molecule has 2 heterocycles. The first-order valence-electron chi connectivity index (χ1n) is 6.02. The number of nitrogens with two attached hydrogens (primary N) is 1. The predicted molar refractivity (Wildman–Crippen MR) is 64.0 cm³/mol. The number of morpholine rings is 1. The third-order valence-corrected chi connectivity index (χ3v) is 3.48. The summed E-state index contributed by atoms with van der Waals surface area (Å²) in [5.74, 6) is 0. The summed E-state index contributed by atoms with van der Waals surface area (Å²) in [6, 6.07) is 8.18. The highest BCUT2D eigenvalue weighted by molar-refractivity contribution is 5.40. The Bertz CT molecular complexity index is 368. The van der Waals surface area contributed by atoms with Gasteiger partial charge in [0, 0.05) is 25.3 Å². The van der Waals surface area contributed by atoms with Crippen LogP contribution in [0.3, 0.4) is 0 Å². The van der Waals surface area contributed by atoms with E-state index in [-0.39, 0.29) is 0 Å². The van der Waals surface area contributed by atoms with Gasteiger partial charge in [-0.15, -0.1) is 0 Å². The minimum absolute atomic E-state index is 0.472. The Balaban J connectivity index is 1.67. The molecule has 3 nitrogen and oxygen atoms in total. The van der Waals surface area contributed by atoms with Crippen LogP contribution in [-0.4, -0.2) is 30.2 Å². The molecule has 0 amide bonds. The molecule has 3 rings (SSSR count). The summed E-state index contributed by atoms with van der Waals surface area (Å²) in [6.45, 7) is 3.15. The lowest BCUT2D eigenvalue weighted by Gasteiger charge is -2.32. The van der Waals surface area contributed by atoms with Gasteiger partial charge in [-0.1, -0.05) is 12.1 Å². The average molecular weight is 218 g/mol. The summed E-state index contributed by atoms with van der Waals surface area (Å²) in [5.41, 5.74) is 7.95. The minimum Gasteiger partial charge on any atom is -0.399 e. The van der Waals surface area contributed by atoms with Crippen LogP contribution in [0.2, 0.25) is 0 Å². The van der Waals surface area contributed by atoms with E-state index in [0.717, 1.165) is 25.3 Å². The first-order chi connectivity index (χ1) is 7.79. The molecule has 3 heteroatoms. The zero-order valence-corrected chi connectivity index (χ0v) is 9.43. The SMILES string of the molecule is Nc1cccc(CN2CC3CCC(C2)O3)c1. The Kier molecular flexibility index (Phi) is 2.58. The summed E-state index contributed by atoms with van der Waals surface area (Å²) in [6.07, 6.45) is 3.41. The summed E-state index contributed by atoms with van der Waals surface area (Å²) in [7, 11) is 0. The molecule has 16 heavy (non-hydrogen) atoms. The number of likely N-dealkylation sites (tertiary alicyclic amines) is 1. The van der Waals surface area contributed by atoms with Gasteiger partial charge in [-0.25, -0.2) is 0 Å². The molecule has 0 radical (unpaired) electrons. The molecule has 0 saturated carbocycles. The van der Waals surface area contributed by atoms with E-state index >= 15 is 0 Å². The van der Waals surface area contributed by atoms with Crippen molar-refractivity contribution in [3.05, 3.63) is 29.8 Å². The summed E-state index contributed by atoms with van der Waals surface area (Å²) in [5, 5.41) is 0. The number of fused-ring (bicyclic) bond motifs is 2. The van der Waals surface area contributed by atoms with E-state index in [4.69, 9.17) is 10.5 Å². The van der Waals surface area contributed by atoms with Crippen LogP contribution < -0.4 is 5.73 Å². The number of hydrogen-bond donors (Lipinski definition) is 1. The molecule has 2 atom stereocenters. The fourth-order valence-electron chi connectivity index (χ4n) is 2.78. The van der Waals surface area contributed by atoms with Gasteiger partial charge in [0.2, 0.25) is 0 Å². The van der Waals surface area contributed by atoms with Crippen molar-refractivity contribution in [3.63, 3.8) is 0 Å². The first-order valence-corrected chi connectivity index (χ1v) is 6.02. The van der Waals surface area contributed by atoms with Gasteiger partial charge in [-0.2, -0.15) is 0 Å². The highest BCUT2D eigenvalue weighted by Crippen LogP contribution is 2.27. The van der Waals surface area contributed by atoms with Crippen LogP contribution >= 0.6 is 0 Å². The zero-order chi connectivity index (χ0) is 11.0. The van der Waals surface area contributed by atoms with Crippen molar-refractivity contribution < 1.29 is 4.74 Å². The van der Waals surface area contributed by atoms with Gasteiger partial charge in [0.25, 0.3) is 0 Å². The largest absolute Gasteiger partial charge is 0.399 e. The van der Waals surface area contributed by atoms with Gasteiger partial charge >= 0.3 is 0 Å². The van der Waals surface area contributed by atoms with Crippen LogP contribution in [0, 0.1) is 0 Å². The van der Waals surface area contributed by atoms with Gasteiger partial charge in [0.05, 0.1) is 12.2 Å². The molecule has 2 aliphatic rings. The molecule has 86 valence electrons. The highest BCUT2D eigenvalue weighted by atomic mass is 16.5. The Morgan fingerprint density at radius 1 is 1.25 bits per heavy atom. The number of ether oxygens (including phenoxy) is 1. The summed E-state index contributed by atoms with van der Waals surface area (Å²) >= 11 is 0. The van der Waals surface area contributed by atoms with Crippen molar-refractivity contribution in [3.8, 4) is 0 Å². The second-order valence-corrected chi connectivity index (χ2v) is 4.90. The normalized spacial score (nSPS) is 29.5. The van der Waals surface area contributed by atoms with Gasteiger partial charge in [0.15, 0.2) is 0 Å². The molecule has 2 bridgehead atoms. The molecule has 2 saturated heterocycles. The number of nitrogens with zero attached hydrogens (tertiary/aromatic N) is 1. The topological polar surface area (TPSA) is 38.5 Å². The van der Waals surface area contributed by atoms with Crippen molar-refractivity contribution in [2.24, 2.45) is 0 Å². The second-order valence-electron chi connectivity index (χ2n) is 4.90. The molecule has 0 spiro atoms. The fraction of sp³-hybridized carbons (Fsp3) is 0.538. The third-order valence-electron chi connectivity index (χ3n) is 3.48. The van der Waals surface area contributed by atoms with E-state index in [9.17, 15) is 0 Å². The van der Waals surface area contributed by atoms with Crippen molar-refractivity contribution in [1.82, 2.24) is 4.90 Å². The lowest BCUT2D eigenvalue weighted by Crippen LogP contribution is -2.41. The lowest BCUT2D eigenvalue weighted by molar-refractivity contribution is -0.0410. The van der Waals surface area contributed by atoms with E-state index < -0.39 is 0 Å². The Morgan fingerprint density at radius 3 is 2.69 bits per heavy atom. The predicted octanol–water partition coefficient (Wildman–Crippen LogP) is 1.63. The molecule has 1 aromatic rings. The molecular formula is C13H18N2O. The highest BCUT2D eigenvalue weighted by Gasteiger charge is 2.33. The number of hydrogen-bond acceptors (Lipinski definition) is 3. The lowest BCUT2D eigenvalue weighted by atomic mass is 10.1. The standard InChI is InChI=1S/C13H18N2O/c14-11-3-1-2-10(6-11)7-15-8-12-4-5-13(9-15)16-12/h1-3,6,12-13H,4-5,7-9,14H2. The maximum atomic E-state index is 5.82. The van der Waals surface area contributed by atoms with Crippen molar-refractivity contribution in [2.75, 3.05) is 18.8 Å². The smallest absolute Gasteiger partial charge is 0.0707 e. The fourth-order valence-corrected chi connectivity index (χ4v) is 2.78. The number of rotatable bonds is 2. The molecule has 0 aromatic heterocycles. The van der Waals surface area contributed by atoms with E-state index in [1.54, 1.807) is 0 Å². The molecule has 2 aliphatic heterocycles. The number of nitrogen functional groups attached to an aromatic ring is 1. The maximum Gasteiger partial charge on any atom is 0.0707 e. The van der Waals surface area contributed by atoms with Gasteiger partial charge in [0.1, 0.15) is 0 Å². The van der Waals surface area contributed by atoms with Crippen LogP contribution in [0.1, 0.15) is 18.4 Å². The van der Waals surface area contributed by atoms with Gasteiger partial charge in [-0.05, 0) is 30.5 Å². The van der Waals surface area contributed by atoms with E-state index in [2.05, 4.69) is 17.0 Å². The van der Waals surface area contributed by atoms with Gasteiger partial charge < -0.3 is 10.5 Å². The van der Waals surface area contributed by atoms with Crippen LogP contribution in [0.15, 0.2) is 24.3 Å². The number of anilines is 1. The molecule has 2 unspecified atom stereocenters. The Labute approximate surface area is 96.2 Å². The van der Waals surface area contributed by atoms with E-state index in [0.29, 0.717) is 12.2 Å². The van der Waals surface area contributed by atoms with Crippen molar-refractivity contribution in [1.29, 1.82) is 0 Å². The van der Waals surface area contributed by atoms with E-state index in [1.807, 2.05) is 12.1 Å². The van der Waals surface area contributed by atoms with Crippen LogP contribution in [0.4, 0.5) is 5.69 Å². The second kappa shape index (κ2) is 4.07. The monoisotopic (exact) mass is 218 g/mol. The molecule has 0 aliphatic carbocycles. The van der Waals surface area contributed by atoms with E-state index in [1.165, 1.54) is 18.4 Å². The van der Waals surface area contributed by atoms with Crippen molar-refractivity contribution >= 4 is 5.69 Å². The minimum atomic E-state index is 0.472. The summed E-state index contributed by atoms with van der Waals surface area (Å²) in [4.78, 5) is 2.49. The van der Waals surface area contributed by atoms with Crippen molar-refractivity contribution in [2.45, 2.75) is 31.6 Å². The zero-order valence-electron chi connectivity index (χ0n) is 9.43. The first kappa shape index (κ1) is 10.1. The maximum absolute atomic E-state index is 5.82.